The van der Waals surface area contributed by atoms with Crippen LogP contribution < -0.4 is 27.3 Å². The molecular weight excluding hydrogens is 592 g/mol. The van der Waals surface area contributed by atoms with Gasteiger partial charge in [0.1, 0.15) is 4.91 Å². The number of esters is 1. The topological polar surface area (TPSA) is 266 Å². The molecule has 1 amide bonds. The van der Waals surface area contributed by atoms with Crippen molar-refractivity contribution in [2.45, 2.75) is 43.6 Å². The Kier molecular flexibility index (Phi) is 9.51. The zero-order valence-electron chi connectivity index (χ0n) is 22.7. The van der Waals surface area contributed by atoms with Crippen LogP contribution in [0.1, 0.15) is 65.0 Å². The molecule has 11 N–H and O–H groups in total. The molecule has 2 unspecified atom stereocenters. The van der Waals surface area contributed by atoms with Crippen LogP contribution in [0.4, 0.5) is 5.69 Å². The third kappa shape index (κ3) is 5.51. The smallest absolute Gasteiger partial charge is 0.340 e. The van der Waals surface area contributed by atoms with E-state index in [-0.39, 0.29) is 44.8 Å². The first-order valence-corrected chi connectivity index (χ1v) is 15.0. The van der Waals surface area contributed by atoms with E-state index in [0.29, 0.717) is 19.5 Å². The number of anilines is 1. The minimum absolute atomic E-state index is 0. The van der Waals surface area contributed by atoms with Gasteiger partial charge in [0.15, 0.2) is 33.1 Å². The number of benzene rings is 2. The van der Waals surface area contributed by atoms with Crippen LogP contribution in [0.3, 0.4) is 0 Å². The van der Waals surface area contributed by atoms with Crippen LogP contribution in [0.15, 0.2) is 57.2 Å². The molecule has 2 aromatic carbocycles. The lowest BCUT2D eigenvalue weighted by Crippen LogP contribution is -2.36. The largest absolute Gasteiger partial charge is 0.454 e. The highest BCUT2D eigenvalue weighted by molar-refractivity contribution is 7.86. The van der Waals surface area contributed by atoms with E-state index in [4.69, 9.17) is 26.7 Å². The van der Waals surface area contributed by atoms with Gasteiger partial charge in [-0.2, -0.15) is 8.42 Å². The lowest BCUT2D eigenvalue weighted by atomic mass is 9.77. The average Bonchev–Trinajstić information content (AvgIpc) is 3.17. The monoisotopic (exact) mass is 624 g/mol. The normalized spacial score (nSPS) is 18.7. The van der Waals surface area contributed by atoms with E-state index in [1.54, 1.807) is 0 Å². The summed E-state index contributed by atoms with van der Waals surface area (Å²) in [5, 5.41) is 2.81. The number of ether oxygens (including phenoxy) is 2. The van der Waals surface area contributed by atoms with Crippen LogP contribution in [-0.4, -0.2) is 52.2 Å². The fourth-order valence-electron chi connectivity index (χ4n) is 5.01. The van der Waals surface area contributed by atoms with E-state index in [1.807, 2.05) is 0 Å². The molecule has 0 aliphatic carbocycles. The standard InChI is InChI=1S/C26H30N4O9S2.H2O/c1-13-20(22(14(2)28)40(33)34)38-21-17(8-9-19(29)23(21)41(35,36)37)26(13)18-12-15(6-7-16(18)25(32)39-26)24(31)30-11-5-3-4-10-27;/h6-9,12H,3-5,10-11,27-29H2,1-2H3,(H,30,31)(H,33,34)(H,35,36,37);1H2/b22-14-;. The van der Waals surface area contributed by atoms with Crippen LogP contribution in [0.25, 0.3) is 0 Å². The molecule has 2 atom stereocenters. The molecule has 42 heavy (non-hydrogen) atoms. The summed E-state index contributed by atoms with van der Waals surface area (Å²) in [6.07, 6.45) is 2.36. The molecular formula is C26H32N4O10S2. The molecule has 16 heteroatoms. The van der Waals surface area contributed by atoms with Gasteiger partial charge in [-0.1, -0.05) is 6.42 Å². The third-order valence-electron chi connectivity index (χ3n) is 6.88. The predicted octanol–water partition coefficient (Wildman–Crippen LogP) is 1.04. The van der Waals surface area contributed by atoms with Gasteiger partial charge in [-0.15, -0.1) is 0 Å². The van der Waals surface area contributed by atoms with Crippen molar-refractivity contribution in [3.63, 3.8) is 0 Å². The zero-order valence-corrected chi connectivity index (χ0v) is 24.4. The molecule has 0 fully saturated rings. The summed E-state index contributed by atoms with van der Waals surface area (Å²) in [5.74, 6) is -2.16. The quantitative estimate of drug-likeness (QED) is 0.0751. The number of hydrogen-bond donors (Lipinski definition) is 6. The maximum atomic E-state index is 13.2. The molecule has 2 aromatic rings. The Bertz CT molecular complexity index is 1650. The first-order valence-electron chi connectivity index (χ1n) is 12.5. The number of hydrogen-bond acceptors (Lipinski definition) is 10. The number of nitrogens with two attached hydrogens (primary N) is 3. The van der Waals surface area contributed by atoms with Crippen LogP contribution >= 0.6 is 0 Å². The SMILES string of the molecule is CC1=C(/C(=C(\C)N)S(=O)O)Oc2c(ccc(N)c2S(=O)(=O)O)C12OC(=O)c1ccc(C(=O)NCCCCCN)cc12.O. The lowest BCUT2D eigenvalue weighted by Gasteiger charge is -2.38. The molecule has 0 saturated heterocycles. The van der Waals surface area contributed by atoms with E-state index >= 15 is 0 Å². The second-order valence-electron chi connectivity index (χ2n) is 9.59. The summed E-state index contributed by atoms with van der Waals surface area (Å²) in [5.41, 5.74) is 15.2. The molecule has 14 nitrogen and oxygen atoms in total. The van der Waals surface area contributed by atoms with Gasteiger partial charge in [0, 0.05) is 34.5 Å². The maximum absolute atomic E-state index is 13.2. The van der Waals surface area contributed by atoms with Crippen LogP contribution in [0.5, 0.6) is 5.75 Å². The number of allylic oxidation sites excluding steroid dienone is 1. The highest BCUT2D eigenvalue weighted by Crippen LogP contribution is 2.56. The van der Waals surface area contributed by atoms with Crippen molar-refractivity contribution in [3.05, 3.63) is 74.5 Å². The highest BCUT2D eigenvalue weighted by Gasteiger charge is 2.55. The summed E-state index contributed by atoms with van der Waals surface area (Å²) < 4.78 is 69.2. The Labute approximate surface area is 244 Å². The summed E-state index contributed by atoms with van der Waals surface area (Å²) in [6.45, 7) is 3.71. The number of amides is 1. The van der Waals surface area contributed by atoms with Gasteiger partial charge in [0.25, 0.3) is 16.0 Å². The van der Waals surface area contributed by atoms with Crippen molar-refractivity contribution in [1.29, 1.82) is 0 Å². The molecule has 0 radical (unpaired) electrons. The van der Waals surface area contributed by atoms with Gasteiger partial charge < -0.3 is 42.0 Å². The molecule has 1 spiro atoms. The molecule has 0 saturated carbocycles. The van der Waals surface area contributed by atoms with Crippen LogP contribution in [0, 0.1) is 0 Å². The number of nitrogens with one attached hydrogen (secondary N) is 1. The molecule has 2 aliphatic heterocycles. The Morgan fingerprint density at radius 3 is 2.43 bits per heavy atom. The van der Waals surface area contributed by atoms with Gasteiger partial charge >= 0.3 is 5.97 Å². The van der Waals surface area contributed by atoms with Gasteiger partial charge in [0.05, 0.1) is 11.3 Å². The van der Waals surface area contributed by atoms with Crippen molar-refractivity contribution in [1.82, 2.24) is 5.32 Å². The Morgan fingerprint density at radius 1 is 1.14 bits per heavy atom. The van der Waals surface area contributed by atoms with E-state index < -0.39 is 59.9 Å². The van der Waals surface area contributed by atoms with Crippen molar-refractivity contribution in [3.8, 4) is 5.75 Å². The third-order valence-corrected chi connectivity index (χ3v) is 8.68. The van der Waals surface area contributed by atoms with Gasteiger partial charge in [-0.3, -0.25) is 9.35 Å². The Hall–Kier alpha value is -3.80. The summed E-state index contributed by atoms with van der Waals surface area (Å²) in [4.78, 5) is 25.0. The number of carbonyl (C=O) groups is 2. The first kappa shape index (κ1) is 32.7. The van der Waals surface area contributed by atoms with E-state index in [1.165, 1.54) is 44.2 Å². The maximum Gasteiger partial charge on any atom is 0.340 e. The Balaban J connectivity index is 0.00000484. The van der Waals surface area contributed by atoms with E-state index in [2.05, 4.69) is 5.32 Å². The van der Waals surface area contributed by atoms with Crippen molar-refractivity contribution in [2.75, 3.05) is 18.8 Å². The van der Waals surface area contributed by atoms with Gasteiger partial charge in [-0.05, 0) is 63.6 Å². The van der Waals surface area contributed by atoms with Crippen LogP contribution in [-0.2, 0) is 31.5 Å². The minimum Gasteiger partial charge on any atom is -0.454 e. The van der Waals surface area contributed by atoms with E-state index in [9.17, 15) is 31.3 Å². The highest BCUT2D eigenvalue weighted by atomic mass is 32.2. The number of nitrogen functional groups attached to an aromatic ring is 1. The van der Waals surface area contributed by atoms with Gasteiger partial charge in [0.2, 0.25) is 0 Å². The van der Waals surface area contributed by atoms with Crippen molar-refractivity contribution >= 4 is 38.8 Å². The summed E-state index contributed by atoms with van der Waals surface area (Å²) in [7, 11) is -5.03. The Morgan fingerprint density at radius 2 is 1.83 bits per heavy atom. The predicted molar refractivity (Wildman–Crippen MR) is 153 cm³/mol. The van der Waals surface area contributed by atoms with Gasteiger partial charge in [-0.25, -0.2) is 9.00 Å². The molecule has 2 aliphatic rings. The second-order valence-corrected chi connectivity index (χ2v) is 11.9. The number of fused-ring (bicyclic) bond motifs is 4. The fraction of sp³-hybridized carbons (Fsp3) is 0.308. The lowest BCUT2D eigenvalue weighted by molar-refractivity contribution is 0.0202. The van der Waals surface area contributed by atoms with Crippen molar-refractivity contribution in [2.24, 2.45) is 11.5 Å². The summed E-state index contributed by atoms with van der Waals surface area (Å²) >= 11 is -2.75. The zero-order chi connectivity index (χ0) is 30.3. The molecule has 2 heterocycles. The van der Waals surface area contributed by atoms with E-state index in [0.717, 1.165) is 12.8 Å². The number of carbonyl (C=O) groups excluding carboxylic acids is 2. The number of unbranched alkanes of at least 4 members (excludes halogenated alkanes) is 2. The fourth-order valence-corrected chi connectivity index (χ4v) is 6.39. The average molecular weight is 625 g/mol. The number of rotatable bonds is 9. The second kappa shape index (κ2) is 12.2. The molecule has 0 bridgehead atoms. The first-order chi connectivity index (χ1) is 19.2. The molecule has 0 aromatic heterocycles. The minimum atomic E-state index is -5.03. The van der Waals surface area contributed by atoms with Crippen molar-refractivity contribution < 1.29 is 46.3 Å². The van der Waals surface area contributed by atoms with Crippen LogP contribution in [0.2, 0.25) is 0 Å². The molecule has 228 valence electrons. The molecule has 4 rings (SSSR count). The summed E-state index contributed by atoms with van der Waals surface area (Å²) in [6, 6.07) is 6.79.